The summed E-state index contributed by atoms with van der Waals surface area (Å²) >= 11 is 3.87. The number of hydrogen-bond acceptors (Lipinski definition) is 4. The van der Waals surface area contributed by atoms with E-state index in [4.69, 9.17) is 0 Å². The lowest BCUT2D eigenvalue weighted by atomic mass is 9.39. The third-order valence-corrected chi connectivity index (χ3v) is 15.4. The van der Waals surface area contributed by atoms with Crippen LogP contribution in [0.3, 0.4) is 0 Å². The quantitative estimate of drug-likeness (QED) is 0.129. The highest BCUT2D eigenvalue weighted by Crippen LogP contribution is 2.49. The lowest BCUT2D eigenvalue weighted by molar-refractivity contribution is 0.590. The van der Waals surface area contributed by atoms with E-state index in [0.717, 1.165) is 0 Å². The number of anilines is 6. The zero-order chi connectivity index (χ0) is 41.4. The van der Waals surface area contributed by atoms with Crippen molar-refractivity contribution >= 4 is 121 Å². The molecule has 294 valence electrons. The van der Waals surface area contributed by atoms with Crippen molar-refractivity contribution in [1.82, 2.24) is 0 Å². The van der Waals surface area contributed by atoms with Gasteiger partial charge in [0.15, 0.2) is 0 Å². The van der Waals surface area contributed by atoms with Gasteiger partial charge in [0.05, 0.1) is 11.4 Å². The molecule has 0 amide bonds. The lowest BCUT2D eigenvalue weighted by Gasteiger charge is -2.42. The molecule has 61 heavy (non-hydrogen) atoms. The Bertz CT molecular complexity index is 3350. The van der Waals surface area contributed by atoms with E-state index >= 15 is 0 Å². The molecule has 0 saturated carbocycles. The highest BCUT2D eigenvalue weighted by molar-refractivity contribution is 7.38. The van der Waals surface area contributed by atoms with Gasteiger partial charge in [0.2, 0.25) is 0 Å². The van der Waals surface area contributed by atoms with Crippen LogP contribution in [0.15, 0.2) is 163 Å². The molecule has 2 aliphatic rings. The van der Waals surface area contributed by atoms with Gasteiger partial charge in [-0.1, -0.05) is 145 Å². The Morgan fingerprint density at radius 1 is 0.459 bits per heavy atom. The van der Waals surface area contributed by atoms with Gasteiger partial charge < -0.3 is 9.80 Å². The maximum atomic E-state index is 2.59. The zero-order valence-electron chi connectivity index (χ0n) is 35.4. The summed E-state index contributed by atoms with van der Waals surface area (Å²) in [6.45, 7) is 14.0. The summed E-state index contributed by atoms with van der Waals surface area (Å²) in [5.74, 6) is 0. The van der Waals surface area contributed by atoms with Crippen molar-refractivity contribution in [3.63, 3.8) is 0 Å². The summed E-state index contributed by atoms with van der Waals surface area (Å²) in [6, 6.07) is 59.8. The van der Waals surface area contributed by atoms with Crippen LogP contribution in [0.5, 0.6) is 0 Å². The first-order chi connectivity index (χ1) is 29.5. The van der Waals surface area contributed by atoms with Crippen LogP contribution in [0.4, 0.5) is 34.1 Å². The third-order valence-electron chi connectivity index (χ3n) is 13.2. The van der Waals surface area contributed by atoms with Crippen LogP contribution >= 0.6 is 22.7 Å². The van der Waals surface area contributed by atoms with Crippen LogP contribution in [0, 0.1) is 0 Å². The average Bonchev–Trinajstić information content (AvgIpc) is 3.91. The molecule has 2 aliphatic heterocycles. The Labute approximate surface area is 366 Å². The van der Waals surface area contributed by atoms with Gasteiger partial charge in [-0.15, -0.1) is 11.3 Å². The molecule has 0 saturated heterocycles. The average molecular weight is 821 g/mol. The highest BCUT2D eigenvalue weighted by Gasteiger charge is 2.46. The summed E-state index contributed by atoms with van der Waals surface area (Å²) < 4.78 is 4.17. The fraction of sp³-hybridized carbons (Fsp3) is 0.143. The predicted molar refractivity (Wildman–Crippen MR) is 269 cm³/mol. The van der Waals surface area contributed by atoms with E-state index in [1.807, 2.05) is 22.7 Å². The van der Waals surface area contributed by atoms with Crippen LogP contribution in [-0.4, -0.2) is 6.71 Å². The van der Waals surface area contributed by atoms with Crippen LogP contribution in [0.1, 0.15) is 52.7 Å². The molecule has 10 aromatic rings. The number of hydrogen-bond donors (Lipinski definition) is 0. The van der Waals surface area contributed by atoms with Gasteiger partial charge in [0.1, 0.15) is 0 Å². The number of nitrogens with zero attached hydrogens (tertiary/aromatic N) is 2. The number of thiophene rings is 2. The Hall–Kier alpha value is -6.14. The largest absolute Gasteiger partial charge is 0.311 e. The van der Waals surface area contributed by atoms with Crippen LogP contribution < -0.4 is 24.8 Å². The van der Waals surface area contributed by atoms with Crippen molar-refractivity contribution in [2.24, 2.45) is 0 Å². The first-order valence-corrected chi connectivity index (χ1v) is 23.1. The minimum Gasteiger partial charge on any atom is -0.311 e. The summed E-state index contributed by atoms with van der Waals surface area (Å²) in [5.41, 5.74) is 14.2. The fourth-order valence-corrected chi connectivity index (χ4v) is 12.6. The zero-order valence-corrected chi connectivity index (χ0v) is 37.0. The van der Waals surface area contributed by atoms with Gasteiger partial charge in [0, 0.05) is 42.4 Å². The molecular weight excluding hydrogens is 776 g/mol. The molecule has 12 rings (SSSR count). The van der Waals surface area contributed by atoms with Crippen molar-refractivity contribution in [1.29, 1.82) is 0 Å². The minimum absolute atomic E-state index is 0.0258. The van der Waals surface area contributed by atoms with E-state index in [1.54, 1.807) is 0 Å². The molecule has 2 nitrogen and oxygen atoms in total. The first kappa shape index (κ1) is 36.7. The molecule has 0 aliphatic carbocycles. The Kier molecular flexibility index (Phi) is 7.93. The van der Waals surface area contributed by atoms with Gasteiger partial charge in [-0.2, -0.15) is 11.3 Å². The summed E-state index contributed by atoms with van der Waals surface area (Å²) in [4.78, 5) is 5.10. The van der Waals surface area contributed by atoms with E-state index in [2.05, 4.69) is 214 Å². The normalized spacial score (nSPS) is 13.6. The fourth-order valence-electron chi connectivity index (χ4n) is 10.2. The SMILES string of the molecule is CC(C)(C)c1ccc(N2c3ccsc3B3c4sc5ccc(C(C)(C)C)cc5c4N(c4ccc(-c5cccc6c7ccccc7c7ccccc7c56)cc4)c4cccc2c43)cc1. The molecule has 0 spiro atoms. The molecule has 5 heteroatoms. The monoisotopic (exact) mass is 820 g/mol. The molecule has 0 unspecified atom stereocenters. The first-order valence-electron chi connectivity index (χ1n) is 21.5. The minimum atomic E-state index is 0.0258. The topological polar surface area (TPSA) is 6.48 Å². The molecule has 0 N–H and O–H groups in total. The van der Waals surface area contributed by atoms with Crippen molar-refractivity contribution < 1.29 is 0 Å². The Morgan fingerprint density at radius 3 is 1.69 bits per heavy atom. The van der Waals surface area contributed by atoms with Crippen LogP contribution in [0.25, 0.3) is 53.5 Å². The van der Waals surface area contributed by atoms with Gasteiger partial charge in [-0.05, 0) is 131 Å². The lowest BCUT2D eigenvalue weighted by Crippen LogP contribution is -2.59. The highest BCUT2D eigenvalue weighted by atomic mass is 32.1. The van der Waals surface area contributed by atoms with E-state index in [-0.39, 0.29) is 17.5 Å². The van der Waals surface area contributed by atoms with Gasteiger partial charge in [-0.3, -0.25) is 0 Å². The molecule has 0 fully saturated rings. The van der Waals surface area contributed by atoms with Crippen molar-refractivity contribution in [3.8, 4) is 11.1 Å². The maximum Gasteiger partial charge on any atom is 0.277 e. The second-order valence-corrected chi connectivity index (χ2v) is 21.0. The number of benzene rings is 8. The van der Waals surface area contributed by atoms with Crippen molar-refractivity contribution in [3.05, 3.63) is 174 Å². The standard InChI is InChI=1S/C56H45BN2S2/c1-55(2,3)35-23-28-37(29-24-35)58-46-19-12-20-47-51(46)57(53-48(58)31-32-60-53)54-52(45-33-36(56(4,5)6)25-30-49(45)61-54)59(47)38-26-21-34(22-27-38)39-17-11-18-44-42-14-8-7-13-40(42)41-15-9-10-16-43(41)50(39)44/h7-33H,1-6H3. The van der Waals surface area contributed by atoms with Crippen molar-refractivity contribution in [2.45, 2.75) is 52.4 Å². The van der Waals surface area contributed by atoms with Gasteiger partial charge in [0.25, 0.3) is 6.71 Å². The van der Waals surface area contributed by atoms with E-state index < -0.39 is 0 Å². The molecule has 0 bridgehead atoms. The third kappa shape index (κ3) is 5.46. The van der Waals surface area contributed by atoms with E-state index in [1.165, 1.54) is 114 Å². The van der Waals surface area contributed by atoms with Crippen molar-refractivity contribution in [2.75, 3.05) is 9.80 Å². The number of fused-ring (bicyclic) bond motifs is 12. The van der Waals surface area contributed by atoms with Gasteiger partial charge in [-0.25, -0.2) is 0 Å². The maximum absolute atomic E-state index is 2.59. The predicted octanol–water partition coefficient (Wildman–Crippen LogP) is 14.8. The smallest absolute Gasteiger partial charge is 0.277 e. The van der Waals surface area contributed by atoms with Crippen LogP contribution in [-0.2, 0) is 10.8 Å². The second-order valence-electron chi connectivity index (χ2n) is 18.9. The van der Waals surface area contributed by atoms with E-state index in [9.17, 15) is 0 Å². The van der Waals surface area contributed by atoms with Crippen LogP contribution in [0.2, 0.25) is 0 Å². The molecule has 0 radical (unpaired) electrons. The Morgan fingerprint density at radius 2 is 1.02 bits per heavy atom. The molecule has 8 aromatic carbocycles. The van der Waals surface area contributed by atoms with Gasteiger partial charge >= 0.3 is 0 Å². The summed E-state index contributed by atoms with van der Waals surface area (Å²) in [5, 5.41) is 11.4. The molecular formula is C56H45BN2S2. The number of rotatable bonds is 3. The Balaban J connectivity index is 1.08. The second kappa shape index (κ2) is 13.2. The summed E-state index contributed by atoms with van der Waals surface area (Å²) in [7, 11) is 0. The molecule has 0 atom stereocenters. The summed E-state index contributed by atoms with van der Waals surface area (Å²) in [6.07, 6.45) is 0. The molecule has 2 aromatic heterocycles. The van der Waals surface area contributed by atoms with E-state index in [0.29, 0.717) is 0 Å². The molecule has 4 heterocycles.